The van der Waals surface area contributed by atoms with Crippen molar-refractivity contribution in [3.8, 4) is 0 Å². The monoisotopic (exact) mass is 362 g/mol. The number of hydrogen-bond donors (Lipinski definition) is 0. The summed E-state index contributed by atoms with van der Waals surface area (Å²) in [7, 11) is 0. The minimum Gasteiger partial charge on any atom is -0.375 e. The minimum atomic E-state index is 0.172. The summed E-state index contributed by atoms with van der Waals surface area (Å²) < 4.78 is 5.99. The first-order valence-corrected chi connectivity index (χ1v) is 10.6. The second-order valence-corrected chi connectivity index (χ2v) is 8.10. The average molecular weight is 363 g/mol. The van der Waals surface area contributed by atoms with E-state index in [2.05, 4.69) is 36.1 Å². The number of amides is 1. The lowest BCUT2D eigenvalue weighted by atomic mass is 10.1. The second kappa shape index (κ2) is 9.60. The number of rotatable bonds is 6. The van der Waals surface area contributed by atoms with Crippen LogP contribution in [0.2, 0.25) is 0 Å². The summed E-state index contributed by atoms with van der Waals surface area (Å²) in [5, 5.41) is 0. The maximum absolute atomic E-state index is 12.6. The van der Waals surface area contributed by atoms with Gasteiger partial charge in [0.2, 0.25) is 5.91 Å². The van der Waals surface area contributed by atoms with Gasteiger partial charge >= 0.3 is 0 Å². The molecule has 1 unspecified atom stereocenters. The van der Waals surface area contributed by atoms with Gasteiger partial charge in [-0.15, -0.1) is 11.8 Å². The van der Waals surface area contributed by atoms with E-state index in [9.17, 15) is 4.79 Å². The number of nitrogens with zero attached hydrogens (tertiary/aromatic N) is 2. The predicted molar refractivity (Wildman–Crippen MR) is 104 cm³/mol. The Morgan fingerprint density at radius 2 is 2.00 bits per heavy atom. The number of likely N-dealkylation sites (tertiary alicyclic amines) is 1. The molecule has 2 aliphatic heterocycles. The van der Waals surface area contributed by atoms with Crippen molar-refractivity contribution in [1.82, 2.24) is 9.80 Å². The molecule has 2 heterocycles. The van der Waals surface area contributed by atoms with Crippen molar-refractivity contribution >= 4 is 17.7 Å². The lowest BCUT2D eigenvalue weighted by molar-refractivity contribution is -0.129. The third kappa shape index (κ3) is 5.73. The number of benzene rings is 1. The van der Waals surface area contributed by atoms with Gasteiger partial charge < -0.3 is 14.5 Å². The minimum absolute atomic E-state index is 0.172. The molecule has 0 N–H and O–H groups in total. The van der Waals surface area contributed by atoms with Crippen LogP contribution in [-0.2, 0) is 15.3 Å². The zero-order chi connectivity index (χ0) is 17.5. The van der Waals surface area contributed by atoms with Crippen molar-refractivity contribution in [3.05, 3.63) is 35.4 Å². The first-order valence-electron chi connectivity index (χ1n) is 9.46. The van der Waals surface area contributed by atoms with E-state index in [1.165, 1.54) is 37.1 Å². The van der Waals surface area contributed by atoms with Crippen LogP contribution in [-0.4, -0.2) is 66.9 Å². The van der Waals surface area contributed by atoms with Crippen molar-refractivity contribution in [2.24, 2.45) is 0 Å². The zero-order valence-electron chi connectivity index (χ0n) is 15.3. The van der Waals surface area contributed by atoms with Gasteiger partial charge in [0.15, 0.2) is 0 Å². The molecule has 3 rings (SSSR count). The molecule has 0 bridgehead atoms. The summed E-state index contributed by atoms with van der Waals surface area (Å²) in [6, 6.07) is 8.41. The van der Waals surface area contributed by atoms with Crippen molar-refractivity contribution < 1.29 is 9.53 Å². The molecule has 138 valence electrons. The van der Waals surface area contributed by atoms with Gasteiger partial charge in [-0.05, 0) is 50.4 Å². The van der Waals surface area contributed by atoms with Gasteiger partial charge in [0.25, 0.3) is 0 Å². The number of aryl methyl sites for hydroxylation is 1. The van der Waals surface area contributed by atoms with Gasteiger partial charge in [-0.25, -0.2) is 0 Å². The number of carbonyl (C=O) groups excluding carboxylic acids is 1. The maximum Gasteiger partial charge on any atom is 0.232 e. The van der Waals surface area contributed by atoms with E-state index < -0.39 is 0 Å². The molecule has 1 amide bonds. The van der Waals surface area contributed by atoms with Crippen LogP contribution >= 0.6 is 11.8 Å². The topological polar surface area (TPSA) is 32.8 Å². The molecule has 25 heavy (non-hydrogen) atoms. The van der Waals surface area contributed by atoms with Gasteiger partial charge in [0.05, 0.1) is 11.9 Å². The Bertz CT molecular complexity index is 560. The molecule has 0 aromatic heterocycles. The van der Waals surface area contributed by atoms with Gasteiger partial charge in [-0.3, -0.25) is 4.79 Å². The Hall–Kier alpha value is -1.04. The highest BCUT2D eigenvalue weighted by Crippen LogP contribution is 2.18. The summed E-state index contributed by atoms with van der Waals surface area (Å²) in [6.07, 6.45) is 3.71. The highest BCUT2D eigenvalue weighted by Gasteiger charge is 2.25. The van der Waals surface area contributed by atoms with E-state index in [0.29, 0.717) is 5.75 Å². The largest absolute Gasteiger partial charge is 0.375 e. The van der Waals surface area contributed by atoms with Crippen LogP contribution in [0.25, 0.3) is 0 Å². The van der Waals surface area contributed by atoms with Gasteiger partial charge in [0.1, 0.15) is 0 Å². The van der Waals surface area contributed by atoms with Crippen LogP contribution in [0.15, 0.2) is 24.3 Å². The van der Waals surface area contributed by atoms with E-state index in [0.717, 1.165) is 38.4 Å². The molecule has 0 aliphatic carbocycles. The van der Waals surface area contributed by atoms with Crippen LogP contribution < -0.4 is 0 Å². The number of hydrogen-bond acceptors (Lipinski definition) is 4. The van der Waals surface area contributed by atoms with E-state index >= 15 is 0 Å². The quantitative estimate of drug-likeness (QED) is 0.779. The molecular weight excluding hydrogens is 332 g/mol. The van der Waals surface area contributed by atoms with Crippen LogP contribution in [0.4, 0.5) is 0 Å². The fraction of sp³-hybridized carbons (Fsp3) is 0.650. The van der Waals surface area contributed by atoms with E-state index in [-0.39, 0.29) is 12.0 Å². The summed E-state index contributed by atoms with van der Waals surface area (Å²) in [6.45, 7) is 7.83. The number of thioether (sulfide) groups is 1. The summed E-state index contributed by atoms with van der Waals surface area (Å²) >= 11 is 1.72. The van der Waals surface area contributed by atoms with E-state index in [1.807, 2.05) is 4.90 Å². The SMILES string of the molecule is Cc1ccccc1CSCC(=O)N1CCCOC(CN2CCCC2)C1. The molecule has 0 spiro atoms. The molecule has 1 aromatic carbocycles. The zero-order valence-corrected chi connectivity index (χ0v) is 16.1. The summed E-state index contributed by atoms with van der Waals surface area (Å²) in [5.41, 5.74) is 2.63. The third-order valence-corrected chi connectivity index (χ3v) is 6.07. The number of carbonyl (C=O) groups is 1. The molecule has 2 aliphatic rings. The lowest BCUT2D eigenvalue weighted by Gasteiger charge is -2.27. The molecule has 1 atom stereocenters. The van der Waals surface area contributed by atoms with Crippen LogP contribution in [0.3, 0.4) is 0 Å². The van der Waals surface area contributed by atoms with Crippen molar-refractivity contribution in [1.29, 1.82) is 0 Å². The first kappa shape index (κ1) is 18.7. The molecule has 2 fully saturated rings. The normalized spacial score (nSPS) is 22.1. The molecule has 1 aromatic rings. The Morgan fingerprint density at radius 3 is 2.80 bits per heavy atom. The smallest absolute Gasteiger partial charge is 0.232 e. The fourth-order valence-electron chi connectivity index (χ4n) is 3.60. The molecule has 4 nitrogen and oxygen atoms in total. The van der Waals surface area contributed by atoms with Gasteiger partial charge in [-0.2, -0.15) is 0 Å². The van der Waals surface area contributed by atoms with Crippen molar-refractivity contribution in [2.75, 3.05) is 45.1 Å². The van der Waals surface area contributed by atoms with Crippen molar-refractivity contribution in [3.63, 3.8) is 0 Å². The highest BCUT2D eigenvalue weighted by molar-refractivity contribution is 7.99. The molecule has 2 saturated heterocycles. The van der Waals surface area contributed by atoms with Gasteiger partial charge in [-0.1, -0.05) is 24.3 Å². The van der Waals surface area contributed by atoms with Crippen molar-refractivity contribution in [2.45, 2.75) is 38.0 Å². The molecule has 0 radical (unpaired) electrons. The Balaban J connectivity index is 1.45. The Labute approximate surface area is 155 Å². The standard InChI is InChI=1S/C20H30N2O2S/c1-17-7-2-3-8-18(17)15-25-16-20(23)22-11-6-12-24-19(14-22)13-21-9-4-5-10-21/h2-3,7-8,19H,4-6,9-16H2,1H3. The Kier molecular flexibility index (Phi) is 7.20. The number of ether oxygens (including phenoxy) is 1. The fourth-order valence-corrected chi connectivity index (χ4v) is 4.60. The highest BCUT2D eigenvalue weighted by atomic mass is 32.2. The van der Waals surface area contributed by atoms with E-state index in [1.54, 1.807) is 11.8 Å². The van der Waals surface area contributed by atoms with E-state index in [4.69, 9.17) is 4.74 Å². The third-order valence-electron chi connectivity index (χ3n) is 5.11. The lowest BCUT2D eigenvalue weighted by Crippen LogP contribution is -2.42. The Morgan fingerprint density at radius 1 is 1.20 bits per heavy atom. The predicted octanol–water partition coefficient (Wildman–Crippen LogP) is 2.94. The summed E-state index contributed by atoms with van der Waals surface area (Å²) in [4.78, 5) is 17.1. The van der Waals surface area contributed by atoms with Crippen LogP contribution in [0, 0.1) is 6.92 Å². The molecule has 5 heteroatoms. The first-order chi connectivity index (χ1) is 12.2. The summed E-state index contributed by atoms with van der Waals surface area (Å²) in [5.74, 6) is 1.72. The maximum atomic E-state index is 12.6. The molecular formula is C20H30N2O2S. The molecule has 0 saturated carbocycles. The van der Waals surface area contributed by atoms with Crippen LogP contribution in [0.1, 0.15) is 30.4 Å². The van der Waals surface area contributed by atoms with Gasteiger partial charge in [0, 0.05) is 32.0 Å². The average Bonchev–Trinajstić information content (AvgIpc) is 3.00. The van der Waals surface area contributed by atoms with Crippen LogP contribution in [0.5, 0.6) is 0 Å². The second-order valence-electron chi connectivity index (χ2n) is 7.11.